The minimum atomic E-state index is -0.413. The van der Waals surface area contributed by atoms with Crippen LogP contribution < -0.4 is 4.90 Å². The Morgan fingerprint density at radius 3 is 2.43 bits per heavy atom. The number of carbonyl (C=O) groups is 1. The van der Waals surface area contributed by atoms with Crippen LogP contribution in [0.4, 0.5) is 14.5 Å². The van der Waals surface area contributed by atoms with Crippen molar-refractivity contribution >= 4 is 28.9 Å². The van der Waals surface area contributed by atoms with Gasteiger partial charge in [0, 0.05) is 43.2 Å². The molecule has 1 atom stereocenters. The van der Waals surface area contributed by atoms with Gasteiger partial charge in [0.25, 0.3) is 5.91 Å². The summed E-state index contributed by atoms with van der Waals surface area (Å²) in [4.78, 5) is 17.5. The minimum Gasteiger partial charge on any atom is -0.367 e. The average Bonchev–Trinajstić information content (AvgIpc) is 3.31. The number of carbonyl (C=O) groups excluding carboxylic acids is 1. The van der Waals surface area contributed by atoms with E-state index in [4.69, 9.17) is 11.6 Å². The first kappa shape index (κ1) is 23.5. The van der Waals surface area contributed by atoms with Crippen molar-refractivity contribution in [1.29, 1.82) is 0 Å². The van der Waals surface area contributed by atoms with Gasteiger partial charge in [-0.05, 0) is 35.9 Å². The van der Waals surface area contributed by atoms with Gasteiger partial charge < -0.3 is 4.90 Å². The monoisotopic (exact) mass is 494 g/mol. The fourth-order valence-corrected chi connectivity index (χ4v) is 4.94. The lowest BCUT2D eigenvalue weighted by molar-refractivity contribution is -0.134. The van der Waals surface area contributed by atoms with E-state index in [0.29, 0.717) is 54.6 Å². The maximum absolute atomic E-state index is 14.2. The van der Waals surface area contributed by atoms with Gasteiger partial charge in [0.1, 0.15) is 11.6 Å². The lowest BCUT2D eigenvalue weighted by Gasteiger charge is -2.36. The van der Waals surface area contributed by atoms with Gasteiger partial charge in [-0.3, -0.25) is 9.69 Å². The molecule has 1 amide bonds. The molecular weight excluding hydrogens is 470 g/mol. The number of benzene rings is 3. The molecule has 0 N–H and O–H groups in total. The molecule has 1 saturated heterocycles. The molecule has 0 bridgehead atoms. The van der Waals surface area contributed by atoms with Crippen LogP contribution in [0.25, 0.3) is 0 Å². The first-order chi connectivity index (χ1) is 17.0. The van der Waals surface area contributed by atoms with Crippen molar-refractivity contribution < 1.29 is 13.6 Å². The number of hydrazone groups is 1. The van der Waals surface area contributed by atoms with Crippen molar-refractivity contribution in [3.05, 3.63) is 101 Å². The van der Waals surface area contributed by atoms with E-state index in [-0.39, 0.29) is 24.1 Å². The summed E-state index contributed by atoms with van der Waals surface area (Å²) < 4.78 is 28.2. The topological polar surface area (TPSA) is 39.2 Å². The first-order valence-corrected chi connectivity index (χ1v) is 12.0. The van der Waals surface area contributed by atoms with Crippen molar-refractivity contribution in [3.8, 4) is 0 Å². The van der Waals surface area contributed by atoms with Crippen molar-refractivity contribution in [2.75, 3.05) is 37.6 Å². The lowest BCUT2D eigenvalue weighted by atomic mass is 9.98. The molecule has 3 aromatic carbocycles. The Kier molecular flexibility index (Phi) is 6.79. The summed E-state index contributed by atoms with van der Waals surface area (Å²) >= 11 is 6.40. The van der Waals surface area contributed by atoms with Crippen LogP contribution in [0.5, 0.6) is 0 Å². The fraction of sp³-hybridized carbons (Fsp3) is 0.259. The summed E-state index contributed by atoms with van der Waals surface area (Å²) in [5.74, 6) is -0.764. The maximum Gasteiger partial charge on any atom is 0.257 e. The Balaban J connectivity index is 1.32. The highest BCUT2D eigenvalue weighted by Gasteiger charge is 2.35. The number of hydrogen-bond acceptors (Lipinski definition) is 4. The van der Waals surface area contributed by atoms with Crippen LogP contribution in [0.3, 0.4) is 0 Å². The molecule has 180 valence electrons. The van der Waals surface area contributed by atoms with Crippen LogP contribution in [0.15, 0.2) is 77.9 Å². The number of para-hydroxylation sites is 1. The Hall–Kier alpha value is -3.29. The van der Waals surface area contributed by atoms with Gasteiger partial charge in [0.15, 0.2) is 0 Å². The number of rotatable bonds is 5. The fourth-order valence-electron chi connectivity index (χ4n) is 4.69. The van der Waals surface area contributed by atoms with Crippen LogP contribution in [0.2, 0.25) is 5.02 Å². The van der Waals surface area contributed by atoms with Crippen molar-refractivity contribution in [3.63, 3.8) is 0 Å². The second-order valence-corrected chi connectivity index (χ2v) is 9.16. The van der Waals surface area contributed by atoms with E-state index in [1.807, 2.05) is 40.1 Å². The van der Waals surface area contributed by atoms with Gasteiger partial charge in [-0.1, -0.05) is 54.1 Å². The van der Waals surface area contributed by atoms with Crippen molar-refractivity contribution in [1.82, 2.24) is 9.91 Å². The summed E-state index contributed by atoms with van der Waals surface area (Å²) in [6.45, 7) is 2.67. The number of anilines is 1. The van der Waals surface area contributed by atoms with Crippen LogP contribution >= 0.6 is 11.6 Å². The largest absolute Gasteiger partial charge is 0.367 e. The van der Waals surface area contributed by atoms with E-state index in [1.54, 1.807) is 24.3 Å². The quantitative estimate of drug-likeness (QED) is 0.494. The lowest BCUT2D eigenvalue weighted by Crippen LogP contribution is -2.49. The molecule has 5 nitrogen and oxygen atoms in total. The van der Waals surface area contributed by atoms with Gasteiger partial charge in [-0.2, -0.15) is 5.10 Å². The van der Waals surface area contributed by atoms with Gasteiger partial charge in [0.05, 0.1) is 24.0 Å². The molecular formula is C27H25ClF2N4O. The zero-order chi connectivity index (χ0) is 24.4. The third kappa shape index (κ3) is 5.06. The standard InChI is InChI=1S/C27H25ClF2N4O/c28-22-9-2-1-8-21(22)24-17-26(19-6-5-7-20(29)16-19)34(31-24)27(35)18-32-12-14-33(15-13-32)25-11-4-3-10-23(25)30/h1-11,16,26H,12-15,17-18H2/t26-/m0/s1. The molecule has 0 aliphatic carbocycles. The second kappa shape index (κ2) is 10.1. The molecule has 1 fully saturated rings. The summed E-state index contributed by atoms with van der Waals surface area (Å²) in [6.07, 6.45) is 0.444. The van der Waals surface area contributed by atoms with Gasteiger partial charge in [0.2, 0.25) is 0 Å². The predicted octanol–water partition coefficient (Wildman–Crippen LogP) is 5.12. The van der Waals surface area contributed by atoms with Gasteiger partial charge >= 0.3 is 0 Å². The maximum atomic E-state index is 14.2. The summed E-state index contributed by atoms with van der Waals surface area (Å²) in [5, 5.41) is 6.68. The van der Waals surface area contributed by atoms with E-state index in [9.17, 15) is 13.6 Å². The summed E-state index contributed by atoms with van der Waals surface area (Å²) in [5.41, 5.74) is 2.73. The van der Waals surface area contributed by atoms with E-state index in [0.717, 1.165) is 5.56 Å². The summed E-state index contributed by atoms with van der Waals surface area (Å²) in [6, 6.07) is 20.0. The SMILES string of the molecule is O=C(CN1CCN(c2ccccc2F)CC1)N1N=C(c2ccccc2Cl)C[C@H]1c1cccc(F)c1. The number of amides is 1. The second-order valence-electron chi connectivity index (χ2n) is 8.75. The minimum absolute atomic E-state index is 0.166. The molecule has 0 aromatic heterocycles. The van der Waals surface area contributed by atoms with Crippen molar-refractivity contribution in [2.45, 2.75) is 12.5 Å². The molecule has 2 heterocycles. The first-order valence-electron chi connectivity index (χ1n) is 11.6. The zero-order valence-electron chi connectivity index (χ0n) is 19.1. The van der Waals surface area contributed by atoms with E-state index >= 15 is 0 Å². The third-order valence-corrected chi connectivity index (χ3v) is 6.84. The molecule has 0 unspecified atom stereocenters. The van der Waals surface area contributed by atoms with Crippen LogP contribution in [0.1, 0.15) is 23.6 Å². The van der Waals surface area contributed by atoms with Gasteiger partial charge in [-0.25, -0.2) is 13.8 Å². The highest BCUT2D eigenvalue weighted by molar-refractivity contribution is 6.34. The Morgan fingerprint density at radius 1 is 0.943 bits per heavy atom. The molecule has 0 radical (unpaired) electrons. The van der Waals surface area contributed by atoms with Crippen LogP contribution in [-0.4, -0.2) is 54.3 Å². The highest BCUT2D eigenvalue weighted by atomic mass is 35.5. The molecule has 35 heavy (non-hydrogen) atoms. The van der Waals surface area contributed by atoms with Crippen LogP contribution in [0, 0.1) is 11.6 Å². The number of piperazine rings is 1. The molecule has 3 aromatic rings. The molecule has 2 aliphatic rings. The smallest absolute Gasteiger partial charge is 0.257 e. The zero-order valence-corrected chi connectivity index (χ0v) is 19.8. The normalized spacial score (nSPS) is 18.6. The third-order valence-electron chi connectivity index (χ3n) is 6.51. The Labute approximate surface area is 208 Å². The van der Waals surface area contributed by atoms with Gasteiger partial charge in [-0.15, -0.1) is 0 Å². The highest BCUT2D eigenvalue weighted by Crippen LogP contribution is 2.34. The molecule has 5 rings (SSSR count). The Bertz CT molecular complexity index is 1260. The van der Waals surface area contributed by atoms with Crippen LogP contribution in [-0.2, 0) is 4.79 Å². The number of hydrogen-bond donors (Lipinski definition) is 0. The number of nitrogens with zero attached hydrogens (tertiary/aromatic N) is 4. The number of halogens is 3. The molecule has 0 saturated carbocycles. The summed E-state index contributed by atoms with van der Waals surface area (Å²) in [7, 11) is 0. The average molecular weight is 495 g/mol. The predicted molar refractivity (Wildman–Crippen MR) is 134 cm³/mol. The molecule has 8 heteroatoms. The van der Waals surface area contributed by atoms with E-state index < -0.39 is 6.04 Å². The molecule has 0 spiro atoms. The van der Waals surface area contributed by atoms with E-state index in [1.165, 1.54) is 23.2 Å². The molecule has 2 aliphatic heterocycles. The Morgan fingerprint density at radius 2 is 1.69 bits per heavy atom. The van der Waals surface area contributed by atoms with E-state index in [2.05, 4.69) is 5.10 Å². The van der Waals surface area contributed by atoms with Crippen molar-refractivity contribution in [2.24, 2.45) is 5.10 Å².